The monoisotopic (exact) mass is 443 g/mol. The Labute approximate surface area is 187 Å². The highest BCUT2D eigenvalue weighted by atomic mass is 32.1. The van der Waals surface area contributed by atoms with Crippen molar-refractivity contribution in [1.29, 1.82) is 0 Å². The predicted octanol–water partition coefficient (Wildman–Crippen LogP) is 3.48. The smallest absolute Gasteiger partial charge is 0.163 e. The van der Waals surface area contributed by atoms with Crippen LogP contribution in [0.5, 0.6) is 0 Å². The summed E-state index contributed by atoms with van der Waals surface area (Å²) in [5.74, 6) is 2.21. The van der Waals surface area contributed by atoms with Crippen LogP contribution in [0.1, 0.15) is 60.3 Å². The number of aliphatic hydroxyl groups is 1. The first-order valence-corrected chi connectivity index (χ1v) is 11.9. The first kappa shape index (κ1) is 22.0. The van der Waals surface area contributed by atoms with Crippen LogP contribution in [0.25, 0.3) is 5.65 Å². The van der Waals surface area contributed by atoms with Gasteiger partial charge in [-0.2, -0.15) is 9.61 Å². The summed E-state index contributed by atoms with van der Waals surface area (Å²) >= 11 is 1.72. The van der Waals surface area contributed by atoms with Gasteiger partial charge < -0.3 is 21.1 Å². The fourth-order valence-corrected chi connectivity index (χ4v) is 4.84. The van der Waals surface area contributed by atoms with Crippen molar-refractivity contribution in [2.45, 2.75) is 59.1 Å². The number of aryl methyl sites for hydroxylation is 2. The molecule has 0 amide bonds. The van der Waals surface area contributed by atoms with Gasteiger partial charge in [0.2, 0.25) is 0 Å². The SMILES string of the molecule is Cc1nc([C@H](C)Nc2cc(NC[C@H]3CCNC[C@@H]3O)nc3c(C(C)C)cnn23)sc1C. The third-order valence-electron chi connectivity index (χ3n) is 6.04. The van der Waals surface area contributed by atoms with Crippen molar-refractivity contribution in [3.63, 3.8) is 0 Å². The third kappa shape index (κ3) is 4.68. The minimum atomic E-state index is -0.333. The van der Waals surface area contributed by atoms with Crippen LogP contribution in [0.15, 0.2) is 12.3 Å². The second-order valence-corrected chi connectivity index (χ2v) is 10.0. The zero-order valence-electron chi connectivity index (χ0n) is 18.9. The zero-order valence-corrected chi connectivity index (χ0v) is 19.8. The summed E-state index contributed by atoms with van der Waals surface area (Å²) in [6.45, 7) is 12.9. The lowest BCUT2D eigenvalue weighted by Crippen LogP contribution is -2.43. The van der Waals surface area contributed by atoms with Gasteiger partial charge in [-0.15, -0.1) is 11.3 Å². The second kappa shape index (κ2) is 9.10. The summed E-state index contributed by atoms with van der Waals surface area (Å²) in [6, 6.07) is 2.05. The lowest BCUT2D eigenvalue weighted by Gasteiger charge is -2.28. The van der Waals surface area contributed by atoms with E-state index in [0.29, 0.717) is 19.0 Å². The largest absolute Gasteiger partial charge is 0.391 e. The fourth-order valence-electron chi connectivity index (χ4n) is 3.92. The van der Waals surface area contributed by atoms with E-state index in [4.69, 9.17) is 9.97 Å². The Morgan fingerprint density at radius 2 is 2.10 bits per heavy atom. The normalized spacial score (nSPS) is 20.4. The molecule has 4 rings (SSSR count). The molecule has 168 valence electrons. The number of β-amino-alcohol motifs (C(OH)–C–C–N with tert-alkyl or cyclic N) is 1. The molecule has 3 aromatic heterocycles. The van der Waals surface area contributed by atoms with Crippen LogP contribution in [0.3, 0.4) is 0 Å². The minimum absolute atomic E-state index is 0.0498. The van der Waals surface area contributed by atoms with Gasteiger partial charge in [0, 0.05) is 35.5 Å². The molecule has 3 aromatic rings. The number of nitrogens with one attached hydrogen (secondary N) is 3. The number of nitrogens with zero attached hydrogens (tertiary/aromatic N) is 4. The van der Waals surface area contributed by atoms with E-state index in [1.165, 1.54) is 4.88 Å². The maximum absolute atomic E-state index is 10.3. The van der Waals surface area contributed by atoms with E-state index in [2.05, 4.69) is 48.7 Å². The fraction of sp³-hybridized carbons (Fsp3) is 0.591. The van der Waals surface area contributed by atoms with Gasteiger partial charge >= 0.3 is 0 Å². The van der Waals surface area contributed by atoms with Gasteiger partial charge in [-0.1, -0.05) is 13.8 Å². The maximum Gasteiger partial charge on any atom is 0.163 e. The van der Waals surface area contributed by atoms with Crippen molar-refractivity contribution in [2.24, 2.45) is 5.92 Å². The Morgan fingerprint density at radius 1 is 1.29 bits per heavy atom. The van der Waals surface area contributed by atoms with Crippen LogP contribution in [0.4, 0.5) is 11.6 Å². The molecule has 31 heavy (non-hydrogen) atoms. The molecule has 4 N–H and O–H groups in total. The number of anilines is 2. The van der Waals surface area contributed by atoms with Crippen LogP contribution in [-0.2, 0) is 0 Å². The number of thiazole rings is 1. The molecule has 1 saturated heterocycles. The summed E-state index contributed by atoms with van der Waals surface area (Å²) in [7, 11) is 0. The van der Waals surface area contributed by atoms with E-state index < -0.39 is 0 Å². The quantitative estimate of drug-likeness (QED) is 0.444. The highest BCUT2D eigenvalue weighted by molar-refractivity contribution is 7.11. The lowest BCUT2D eigenvalue weighted by atomic mass is 9.95. The van der Waals surface area contributed by atoms with Gasteiger partial charge in [0.25, 0.3) is 0 Å². The molecule has 8 nitrogen and oxygen atoms in total. The van der Waals surface area contributed by atoms with E-state index in [1.54, 1.807) is 11.3 Å². The Kier molecular flexibility index (Phi) is 6.45. The highest BCUT2D eigenvalue weighted by Crippen LogP contribution is 2.29. The summed E-state index contributed by atoms with van der Waals surface area (Å²) in [5, 5.41) is 26.2. The molecule has 4 heterocycles. The molecule has 0 radical (unpaired) electrons. The molecule has 1 aliphatic heterocycles. The van der Waals surface area contributed by atoms with Gasteiger partial charge in [-0.3, -0.25) is 0 Å². The Bertz CT molecular complexity index is 1020. The molecule has 0 spiro atoms. The minimum Gasteiger partial charge on any atom is -0.391 e. The van der Waals surface area contributed by atoms with Crippen LogP contribution in [0.2, 0.25) is 0 Å². The first-order chi connectivity index (χ1) is 14.8. The van der Waals surface area contributed by atoms with Crippen molar-refractivity contribution in [1.82, 2.24) is 24.9 Å². The van der Waals surface area contributed by atoms with E-state index in [1.807, 2.05) is 23.7 Å². The Balaban J connectivity index is 1.62. The molecule has 0 unspecified atom stereocenters. The molecule has 0 aliphatic carbocycles. The summed E-state index contributed by atoms with van der Waals surface area (Å²) in [5.41, 5.74) is 3.05. The highest BCUT2D eigenvalue weighted by Gasteiger charge is 2.23. The van der Waals surface area contributed by atoms with E-state index in [-0.39, 0.29) is 18.1 Å². The van der Waals surface area contributed by atoms with Crippen LogP contribution >= 0.6 is 11.3 Å². The molecule has 0 bridgehead atoms. The number of aromatic nitrogens is 4. The van der Waals surface area contributed by atoms with Gasteiger partial charge in [0.15, 0.2) is 5.65 Å². The molecular weight excluding hydrogens is 410 g/mol. The van der Waals surface area contributed by atoms with Crippen molar-refractivity contribution in [3.05, 3.63) is 33.4 Å². The van der Waals surface area contributed by atoms with Crippen LogP contribution in [0, 0.1) is 19.8 Å². The number of hydrogen-bond acceptors (Lipinski definition) is 8. The summed E-state index contributed by atoms with van der Waals surface area (Å²) in [6.07, 6.45) is 2.52. The Hall–Kier alpha value is -2.23. The van der Waals surface area contributed by atoms with Crippen molar-refractivity contribution < 1.29 is 5.11 Å². The topological polar surface area (TPSA) is 99.4 Å². The predicted molar refractivity (Wildman–Crippen MR) is 126 cm³/mol. The number of fused-ring (bicyclic) bond motifs is 1. The lowest BCUT2D eigenvalue weighted by molar-refractivity contribution is 0.0883. The second-order valence-electron chi connectivity index (χ2n) is 8.78. The maximum atomic E-state index is 10.3. The molecule has 1 aliphatic rings. The number of hydrogen-bond donors (Lipinski definition) is 4. The average molecular weight is 444 g/mol. The molecule has 1 fully saturated rings. The molecule has 0 saturated carbocycles. The molecule has 0 aromatic carbocycles. The first-order valence-electron chi connectivity index (χ1n) is 11.0. The standard InChI is InChI=1S/C22H33N7OS/c1-12(2)17-10-25-29-20(26-14(4)22-27-13(3)15(5)31-22)8-19(28-21(17)29)24-9-16-6-7-23-11-18(16)30/h8,10,12,14,16,18,23,26,30H,6-7,9,11H2,1-5H3,(H,24,28)/t14-,16+,18-/m0/s1. The number of piperidine rings is 1. The summed E-state index contributed by atoms with van der Waals surface area (Å²) < 4.78 is 1.88. The van der Waals surface area contributed by atoms with E-state index in [0.717, 1.165) is 46.5 Å². The van der Waals surface area contributed by atoms with Gasteiger partial charge in [-0.05, 0) is 39.7 Å². The van der Waals surface area contributed by atoms with Gasteiger partial charge in [0.05, 0.1) is 24.0 Å². The van der Waals surface area contributed by atoms with Gasteiger partial charge in [-0.25, -0.2) is 9.97 Å². The van der Waals surface area contributed by atoms with Crippen molar-refractivity contribution in [2.75, 3.05) is 30.3 Å². The molecular formula is C22H33N7OS. The van der Waals surface area contributed by atoms with Crippen LogP contribution < -0.4 is 16.0 Å². The molecule has 9 heteroatoms. The third-order valence-corrected chi connectivity index (χ3v) is 7.29. The number of aliphatic hydroxyl groups excluding tert-OH is 1. The summed E-state index contributed by atoms with van der Waals surface area (Å²) in [4.78, 5) is 10.8. The Morgan fingerprint density at radius 3 is 2.77 bits per heavy atom. The van der Waals surface area contributed by atoms with Crippen LogP contribution in [-0.4, -0.2) is 50.4 Å². The van der Waals surface area contributed by atoms with Crippen molar-refractivity contribution >= 4 is 28.6 Å². The number of rotatable bonds is 7. The van der Waals surface area contributed by atoms with E-state index >= 15 is 0 Å². The van der Waals surface area contributed by atoms with Crippen molar-refractivity contribution in [3.8, 4) is 0 Å². The molecule has 3 atom stereocenters. The van der Waals surface area contributed by atoms with E-state index in [9.17, 15) is 5.11 Å². The van der Waals surface area contributed by atoms with Gasteiger partial charge in [0.1, 0.15) is 16.6 Å². The average Bonchev–Trinajstić information content (AvgIpc) is 3.31. The zero-order chi connectivity index (χ0) is 22.1.